The number of hydrogen-bond donors (Lipinski definition) is 2. The van der Waals surface area contributed by atoms with Crippen molar-refractivity contribution in [3.63, 3.8) is 0 Å². The molecule has 2 aromatic carbocycles. The Hall–Kier alpha value is -3.32. The third-order valence-electron chi connectivity index (χ3n) is 5.25. The van der Waals surface area contributed by atoms with Gasteiger partial charge < -0.3 is 19.9 Å². The fraction of sp³-hybridized carbons (Fsp3) is 0.217. The Morgan fingerprint density at radius 2 is 1.87 bits per heavy atom. The average molecular weight is 423 g/mol. The summed E-state index contributed by atoms with van der Waals surface area (Å²) in [6.07, 6.45) is 0.198. The molecule has 1 aromatic heterocycles. The van der Waals surface area contributed by atoms with Crippen molar-refractivity contribution in [3.8, 4) is 22.6 Å². The minimum atomic E-state index is -1.02. The van der Waals surface area contributed by atoms with Gasteiger partial charge in [-0.05, 0) is 30.7 Å². The normalized spacial score (nSPS) is 15.3. The number of nitrogens with one attached hydrogen (secondary N) is 1. The lowest BCUT2D eigenvalue weighted by atomic mass is 9.88. The highest BCUT2D eigenvalue weighted by Crippen LogP contribution is 2.51. The van der Waals surface area contributed by atoms with E-state index in [1.54, 1.807) is 26.4 Å². The summed E-state index contributed by atoms with van der Waals surface area (Å²) in [6, 6.07) is 13.1. The van der Waals surface area contributed by atoms with E-state index in [1.807, 2.05) is 37.3 Å². The highest BCUT2D eigenvalue weighted by atomic mass is 32.1. The first-order valence-electron chi connectivity index (χ1n) is 9.41. The van der Waals surface area contributed by atoms with Crippen molar-refractivity contribution in [2.75, 3.05) is 19.5 Å². The maximum atomic E-state index is 12.7. The van der Waals surface area contributed by atoms with Crippen LogP contribution < -0.4 is 14.8 Å². The molecule has 1 amide bonds. The molecule has 154 valence electrons. The quantitative estimate of drug-likeness (QED) is 0.609. The lowest BCUT2D eigenvalue weighted by molar-refractivity contribution is -0.116. The first-order valence-corrected chi connectivity index (χ1v) is 10.2. The molecule has 6 nitrogen and oxygen atoms in total. The van der Waals surface area contributed by atoms with Crippen molar-refractivity contribution in [1.29, 1.82) is 0 Å². The van der Waals surface area contributed by atoms with Crippen molar-refractivity contribution in [1.82, 2.24) is 0 Å². The lowest BCUT2D eigenvalue weighted by Crippen LogP contribution is -2.22. The Morgan fingerprint density at radius 3 is 2.50 bits per heavy atom. The van der Waals surface area contributed by atoms with Crippen LogP contribution in [-0.2, 0) is 4.79 Å². The molecular weight excluding hydrogens is 402 g/mol. The molecule has 1 aliphatic heterocycles. The van der Waals surface area contributed by atoms with Gasteiger partial charge in [0.2, 0.25) is 5.91 Å². The van der Waals surface area contributed by atoms with Gasteiger partial charge in [0.05, 0.1) is 19.9 Å². The predicted molar refractivity (Wildman–Crippen MR) is 116 cm³/mol. The van der Waals surface area contributed by atoms with Gasteiger partial charge in [-0.3, -0.25) is 4.79 Å². The van der Waals surface area contributed by atoms with Crippen molar-refractivity contribution in [2.24, 2.45) is 0 Å². The van der Waals surface area contributed by atoms with E-state index in [1.165, 1.54) is 11.3 Å². The summed E-state index contributed by atoms with van der Waals surface area (Å²) in [7, 11) is 3.15. The van der Waals surface area contributed by atoms with Gasteiger partial charge in [0.25, 0.3) is 0 Å². The topological polar surface area (TPSA) is 84.9 Å². The average Bonchev–Trinajstić information content (AvgIpc) is 3.13. The molecule has 0 unspecified atom stereocenters. The zero-order chi connectivity index (χ0) is 21.4. The molecule has 0 spiro atoms. The van der Waals surface area contributed by atoms with Crippen LogP contribution in [0.3, 0.4) is 0 Å². The first kappa shape index (κ1) is 20.0. The highest BCUT2D eigenvalue weighted by molar-refractivity contribution is 7.15. The molecule has 7 heteroatoms. The summed E-state index contributed by atoms with van der Waals surface area (Å²) in [4.78, 5) is 25.7. The van der Waals surface area contributed by atoms with Crippen molar-refractivity contribution >= 4 is 28.9 Å². The molecule has 0 fully saturated rings. The molecule has 30 heavy (non-hydrogen) atoms. The largest absolute Gasteiger partial charge is 0.497 e. The molecule has 0 bridgehead atoms. The summed E-state index contributed by atoms with van der Waals surface area (Å²) in [5, 5.41) is 12.8. The fourth-order valence-electron chi connectivity index (χ4n) is 3.80. The van der Waals surface area contributed by atoms with Gasteiger partial charge in [0.15, 0.2) is 0 Å². The highest BCUT2D eigenvalue weighted by Gasteiger charge is 2.35. The number of benzene rings is 2. The van der Waals surface area contributed by atoms with E-state index >= 15 is 0 Å². The molecule has 0 saturated carbocycles. The first-order chi connectivity index (χ1) is 14.4. The second-order valence-corrected chi connectivity index (χ2v) is 8.18. The van der Waals surface area contributed by atoms with Crippen LogP contribution in [0.15, 0.2) is 42.5 Å². The standard InChI is InChI=1S/C23H21NO5S/c1-12-4-6-13(7-5-12)19-20-21(30-22(19)23(26)27)16(11-18(25)24-20)15-10-14(28-2)8-9-17(15)29-3/h4-10,16H,11H2,1-3H3,(H,24,25)(H,26,27)/t16-/m1/s1. The van der Waals surface area contributed by atoms with Crippen molar-refractivity contribution < 1.29 is 24.2 Å². The van der Waals surface area contributed by atoms with E-state index < -0.39 is 5.97 Å². The molecule has 2 N–H and O–H groups in total. The van der Waals surface area contributed by atoms with Crippen LogP contribution in [0.25, 0.3) is 11.1 Å². The van der Waals surface area contributed by atoms with Gasteiger partial charge in [-0.25, -0.2) is 4.79 Å². The van der Waals surface area contributed by atoms with Gasteiger partial charge in [0.1, 0.15) is 16.4 Å². The van der Waals surface area contributed by atoms with Crippen LogP contribution in [0.4, 0.5) is 5.69 Å². The third kappa shape index (κ3) is 3.41. The number of carboxylic acids is 1. The number of aromatic carboxylic acids is 1. The Bertz CT molecular complexity index is 1130. The van der Waals surface area contributed by atoms with E-state index in [9.17, 15) is 14.7 Å². The minimum Gasteiger partial charge on any atom is -0.497 e. The number of methoxy groups -OCH3 is 2. The fourth-order valence-corrected chi connectivity index (χ4v) is 5.03. The SMILES string of the molecule is COc1ccc(OC)c([C@H]2CC(=O)Nc3c2sc(C(=O)O)c3-c2ccc(C)cc2)c1. The van der Waals surface area contributed by atoms with E-state index in [4.69, 9.17) is 9.47 Å². The number of fused-ring (bicyclic) bond motifs is 1. The second kappa shape index (κ2) is 7.84. The summed E-state index contributed by atoms with van der Waals surface area (Å²) >= 11 is 1.20. The number of thiophene rings is 1. The number of ether oxygens (including phenoxy) is 2. The number of anilines is 1. The van der Waals surface area contributed by atoms with Crippen LogP contribution in [0.1, 0.15) is 38.0 Å². The number of rotatable bonds is 5. The van der Waals surface area contributed by atoms with Crippen molar-refractivity contribution in [2.45, 2.75) is 19.3 Å². The molecule has 1 aliphatic rings. The van der Waals surface area contributed by atoms with Crippen molar-refractivity contribution in [3.05, 3.63) is 63.3 Å². The monoisotopic (exact) mass is 423 g/mol. The van der Waals surface area contributed by atoms with Gasteiger partial charge >= 0.3 is 5.97 Å². The molecule has 1 atom stereocenters. The van der Waals surface area contributed by atoms with Gasteiger partial charge in [-0.1, -0.05) is 29.8 Å². The summed E-state index contributed by atoms with van der Waals surface area (Å²) in [6.45, 7) is 1.97. The van der Waals surface area contributed by atoms with Crippen LogP contribution in [0, 0.1) is 6.92 Å². The Labute approximate surface area is 178 Å². The number of carbonyl (C=O) groups excluding carboxylic acids is 1. The van der Waals surface area contributed by atoms with Crippen LogP contribution in [0.5, 0.6) is 11.5 Å². The number of amides is 1. The predicted octanol–water partition coefficient (Wildman–Crippen LogP) is 4.91. The lowest BCUT2D eigenvalue weighted by Gasteiger charge is -2.25. The van der Waals surface area contributed by atoms with E-state index in [-0.39, 0.29) is 23.1 Å². The van der Waals surface area contributed by atoms with Gasteiger partial charge in [0, 0.05) is 28.3 Å². The third-order valence-corrected chi connectivity index (χ3v) is 6.54. The second-order valence-electron chi connectivity index (χ2n) is 7.13. The Morgan fingerprint density at radius 1 is 1.13 bits per heavy atom. The number of hydrogen-bond acceptors (Lipinski definition) is 5. The maximum absolute atomic E-state index is 12.7. The maximum Gasteiger partial charge on any atom is 0.346 e. The van der Waals surface area contributed by atoms with Crippen LogP contribution in [-0.4, -0.2) is 31.2 Å². The van der Waals surface area contributed by atoms with E-state index in [2.05, 4.69) is 5.32 Å². The smallest absolute Gasteiger partial charge is 0.346 e. The molecule has 2 heterocycles. The molecular formula is C23H21NO5S. The Balaban J connectivity index is 1.95. The number of carbonyl (C=O) groups is 2. The molecule has 0 aliphatic carbocycles. The summed E-state index contributed by atoms with van der Waals surface area (Å²) < 4.78 is 10.9. The minimum absolute atomic E-state index is 0.166. The zero-order valence-corrected chi connectivity index (χ0v) is 17.6. The van der Waals surface area contributed by atoms with Crippen LogP contribution in [0.2, 0.25) is 0 Å². The molecule has 0 radical (unpaired) electrons. The Kier molecular flexibility index (Phi) is 5.22. The summed E-state index contributed by atoms with van der Waals surface area (Å²) in [5.41, 5.74) is 3.73. The molecule has 3 aromatic rings. The zero-order valence-electron chi connectivity index (χ0n) is 16.8. The van der Waals surface area contributed by atoms with E-state index in [0.717, 1.165) is 21.6 Å². The summed E-state index contributed by atoms with van der Waals surface area (Å²) in [5.74, 6) is -0.243. The number of carboxylic acid groups (broad SMARTS) is 1. The van der Waals surface area contributed by atoms with Crippen LogP contribution >= 0.6 is 11.3 Å². The van der Waals surface area contributed by atoms with E-state index in [0.29, 0.717) is 22.7 Å². The van der Waals surface area contributed by atoms with Gasteiger partial charge in [-0.15, -0.1) is 11.3 Å². The number of aryl methyl sites for hydroxylation is 1. The van der Waals surface area contributed by atoms with Gasteiger partial charge in [-0.2, -0.15) is 0 Å². The molecule has 4 rings (SSSR count). The molecule has 0 saturated heterocycles.